The quantitative estimate of drug-likeness (QED) is 0.203. The first-order chi connectivity index (χ1) is 20.3. The number of nitrogens with zero attached hydrogens (tertiary/aromatic N) is 3. The number of aromatic nitrogens is 3. The molecule has 0 saturated carbocycles. The Balaban J connectivity index is 1.56. The molecule has 4 aromatic carbocycles. The van der Waals surface area contributed by atoms with Gasteiger partial charge in [0.25, 0.3) is 0 Å². The highest BCUT2D eigenvalue weighted by molar-refractivity contribution is 5.86. The van der Waals surface area contributed by atoms with Gasteiger partial charge in [0, 0.05) is 6.07 Å². The molecule has 2 heterocycles. The Morgan fingerprint density at radius 1 is 0.738 bits per heavy atom. The number of hydrogen-bond donors (Lipinski definition) is 0. The van der Waals surface area contributed by atoms with E-state index >= 15 is 0 Å². The highest BCUT2D eigenvalue weighted by atomic mass is 16.5. The summed E-state index contributed by atoms with van der Waals surface area (Å²) in [5.41, 5.74) is 8.55. The maximum atomic E-state index is 6.45. The normalized spacial score (nSPS) is 13.4. The lowest BCUT2D eigenvalue weighted by Gasteiger charge is -2.34. The number of para-hydroxylation sites is 1. The van der Waals surface area contributed by atoms with Crippen LogP contribution in [0.1, 0.15) is 48.7 Å². The lowest BCUT2D eigenvalue weighted by molar-refractivity contribution is -0.670. The average Bonchev–Trinajstić information content (AvgIpc) is 3.57. The lowest BCUT2D eigenvalue weighted by atomic mass is 9.69. The van der Waals surface area contributed by atoms with Gasteiger partial charge in [0.15, 0.2) is 0 Å². The molecule has 0 radical (unpaired) electrons. The van der Waals surface area contributed by atoms with Crippen molar-refractivity contribution in [2.24, 2.45) is 7.05 Å². The maximum absolute atomic E-state index is 6.45. The first-order valence-electron chi connectivity index (χ1n) is 14.4. The van der Waals surface area contributed by atoms with Crippen LogP contribution in [0.2, 0.25) is 0 Å². The number of pyridine rings is 1. The first kappa shape index (κ1) is 26.0. The van der Waals surface area contributed by atoms with Crippen LogP contribution in [0.4, 0.5) is 0 Å². The highest BCUT2D eigenvalue weighted by Crippen LogP contribution is 2.56. The molecule has 2 aromatic heterocycles. The van der Waals surface area contributed by atoms with Crippen LogP contribution in [0, 0.1) is 0 Å². The van der Waals surface area contributed by atoms with E-state index in [9.17, 15) is 0 Å². The van der Waals surface area contributed by atoms with E-state index in [-0.39, 0.29) is 5.41 Å². The fourth-order valence-electron chi connectivity index (χ4n) is 6.26. The van der Waals surface area contributed by atoms with Crippen molar-refractivity contribution in [3.63, 3.8) is 0 Å². The SMILES string of the molecule is C[n+]1ccn(-c2cccc(C3(c4cc(C(C)(C)C)cc(Oc5ccccc5)n4)c4ccccc4-c4ccccc43)c2)c1. The van der Waals surface area contributed by atoms with Crippen LogP contribution in [0.15, 0.2) is 134 Å². The Morgan fingerprint density at radius 3 is 2.05 bits per heavy atom. The summed E-state index contributed by atoms with van der Waals surface area (Å²) < 4.78 is 10.7. The summed E-state index contributed by atoms with van der Waals surface area (Å²) in [4.78, 5) is 5.34. The molecule has 0 aliphatic heterocycles. The molecule has 0 amide bonds. The Bertz CT molecular complexity index is 1870. The number of hydrogen-bond acceptors (Lipinski definition) is 2. The summed E-state index contributed by atoms with van der Waals surface area (Å²) in [5.74, 6) is 1.37. The van der Waals surface area contributed by atoms with E-state index in [4.69, 9.17) is 9.72 Å². The van der Waals surface area contributed by atoms with Crippen LogP contribution >= 0.6 is 0 Å². The minimum atomic E-state index is -0.644. The van der Waals surface area contributed by atoms with Crippen molar-refractivity contribution in [3.8, 4) is 28.4 Å². The second kappa shape index (κ2) is 9.85. The van der Waals surface area contributed by atoms with E-state index in [1.54, 1.807) is 0 Å². The van der Waals surface area contributed by atoms with Gasteiger partial charge >= 0.3 is 0 Å². The standard InChI is InChI=1S/C38H34N3O/c1-37(2,3)28-24-35(39-36(25-28)42-30-15-6-5-7-16-30)38(27-13-12-14-29(23-27)41-22-21-40(4)26-41)33-19-10-8-17-31(33)32-18-9-11-20-34(32)38/h5-26H,1-4H3/q+1. The van der Waals surface area contributed by atoms with Crippen LogP contribution < -0.4 is 9.30 Å². The topological polar surface area (TPSA) is 30.9 Å². The number of aryl methyl sites for hydroxylation is 1. The van der Waals surface area contributed by atoms with Crippen molar-refractivity contribution in [3.05, 3.63) is 162 Å². The third-order valence-corrected chi connectivity index (χ3v) is 8.32. The van der Waals surface area contributed by atoms with Gasteiger partial charge in [-0.25, -0.2) is 14.1 Å². The molecule has 1 aliphatic carbocycles. The Labute approximate surface area is 247 Å². The van der Waals surface area contributed by atoms with Crippen molar-refractivity contribution in [1.29, 1.82) is 0 Å². The fraction of sp³-hybridized carbons (Fsp3) is 0.158. The number of imidazole rings is 1. The number of rotatable bonds is 5. The van der Waals surface area contributed by atoms with Crippen LogP contribution in [0.25, 0.3) is 16.8 Å². The predicted octanol–water partition coefficient (Wildman–Crippen LogP) is 8.15. The van der Waals surface area contributed by atoms with E-state index in [2.05, 4.69) is 134 Å². The molecular weight excluding hydrogens is 514 g/mol. The average molecular weight is 549 g/mol. The largest absolute Gasteiger partial charge is 0.439 e. The summed E-state index contributed by atoms with van der Waals surface area (Å²) in [5, 5.41) is 0. The molecule has 6 aromatic rings. The van der Waals surface area contributed by atoms with E-state index in [0.29, 0.717) is 5.88 Å². The van der Waals surface area contributed by atoms with Gasteiger partial charge in [-0.15, -0.1) is 0 Å². The summed E-state index contributed by atoms with van der Waals surface area (Å²) >= 11 is 0. The molecule has 0 unspecified atom stereocenters. The van der Waals surface area contributed by atoms with Gasteiger partial charge in [-0.05, 0) is 69.1 Å². The van der Waals surface area contributed by atoms with Crippen LogP contribution in [0.5, 0.6) is 11.6 Å². The molecule has 0 N–H and O–H groups in total. The predicted molar refractivity (Wildman–Crippen MR) is 167 cm³/mol. The van der Waals surface area contributed by atoms with Gasteiger partial charge in [0.1, 0.15) is 23.8 Å². The summed E-state index contributed by atoms with van der Waals surface area (Å²) in [7, 11) is 2.04. The zero-order valence-electron chi connectivity index (χ0n) is 24.5. The van der Waals surface area contributed by atoms with Gasteiger partial charge in [-0.2, -0.15) is 0 Å². The zero-order valence-corrected chi connectivity index (χ0v) is 24.5. The van der Waals surface area contributed by atoms with E-state index in [1.807, 2.05) is 37.4 Å². The molecule has 42 heavy (non-hydrogen) atoms. The number of fused-ring (bicyclic) bond motifs is 3. The fourth-order valence-corrected chi connectivity index (χ4v) is 6.26. The second-order valence-electron chi connectivity index (χ2n) is 12.1. The summed E-state index contributed by atoms with van der Waals surface area (Å²) in [6.07, 6.45) is 6.24. The van der Waals surface area contributed by atoms with Crippen LogP contribution in [0.3, 0.4) is 0 Å². The minimum Gasteiger partial charge on any atom is -0.439 e. The number of benzene rings is 4. The van der Waals surface area contributed by atoms with Gasteiger partial charge < -0.3 is 4.74 Å². The van der Waals surface area contributed by atoms with Crippen molar-refractivity contribution in [2.75, 3.05) is 0 Å². The Hall–Kier alpha value is -4.96. The molecule has 0 saturated heterocycles. The second-order valence-corrected chi connectivity index (χ2v) is 12.1. The van der Waals surface area contributed by atoms with E-state index in [0.717, 1.165) is 22.7 Å². The molecule has 7 rings (SSSR count). The van der Waals surface area contributed by atoms with Crippen LogP contribution in [-0.4, -0.2) is 9.55 Å². The van der Waals surface area contributed by atoms with E-state index in [1.165, 1.54) is 27.8 Å². The van der Waals surface area contributed by atoms with Crippen molar-refractivity contribution in [2.45, 2.75) is 31.6 Å². The highest BCUT2D eigenvalue weighted by Gasteiger charge is 2.48. The molecule has 0 atom stereocenters. The van der Waals surface area contributed by atoms with Gasteiger partial charge in [-0.1, -0.05) is 99.6 Å². The minimum absolute atomic E-state index is 0.118. The monoisotopic (exact) mass is 548 g/mol. The molecule has 0 bridgehead atoms. The van der Waals surface area contributed by atoms with Gasteiger partial charge in [-0.3, -0.25) is 0 Å². The summed E-state index contributed by atoms with van der Waals surface area (Å²) in [6, 6.07) is 40.7. The molecule has 206 valence electrons. The number of ether oxygens (including phenoxy) is 1. The van der Waals surface area contributed by atoms with Crippen molar-refractivity contribution < 1.29 is 9.30 Å². The third kappa shape index (κ3) is 4.22. The van der Waals surface area contributed by atoms with E-state index < -0.39 is 5.41 Å². The molecule has 4 heteroatoms. The van der Waals surface area contributed by atoms with Crippen molar-refractivity contribution in [1.82, 2.24) is 9.55 Å². The Morgan fingerprint density at radius 2 is 1.40 bits per heavy atom. The summed E-state index contributed by atoms with van der Waals surface area (Å²) in [6.45, 7) is 6.73. The third-order valence-electron chi connectivity index (χ3n) is 8.32. The molecule has 1 aliphatic rings. The lowest BCUT2D eigenvalue weighted by Crippen LogP contribution is -2.31. The smallest absolute Gasteiger partial charge is 0.248 e. The van der Waals surface area contributed by atoms with Crippen LogP contribution in [-0.2, 0) is 17.9 Å². The molecular formula is C38H34N3O+. The van der Waals surface area contributed by atoms with Gasteiger partial charge in [0.05, 0.1) is 18.2 Å². The Kier molecular flexibility index (Phi) is 6.09. The maximum Gasteiger partial charge on any atom is 0.248 e. The first-order valence-corrected chi connectivity index (χ1v) is 14.4. The van der Waals surface area contributed by atoms with Gasteiger partial charge in [0.2, 0.25) is 12.2 Å². The molecule has 0 spiro atoms. The molecule has 0 fully saturated rings. The van der Waals surface area contributed by atoms with Crippen molar-refractivity contribution >= 4 is 0 Å². The molecule has 4 nitrogen and oxygen atoms in total. The zero-order chi connectivity index (χ0) is 28.9.